The molecule has 1 fully saturated rings. The van der Waals surface area contributed by atoms with E-state index in [1.807, 2.05) is 18.2 Å². The summed E-state index contributed by atoms with van der Waals surface area (Å²) in [6.45, 7) is 5.43. The lowest BCUT2D eigenvalue weighted by molar-refractivity contribution is -0.135. The first kappa shape index (κ1) is 64.9. The number of allylic oxidation sites excluding steroid dienone is 1. The van der Waals surface area contributed by atoms with Crippen LogP contribution in [0.25, 0.3) is 0 Å². The summed E-state index contributed by atoms with van der Waals surface area (Å²) in [5.41, 5.74) is 1.76. The number of imide groups is 1. The van der Waals surface area contributed by atoms with Gasteiger partial charge in [-0.05, 0) is 60.7 Å². The third-order valence-corrected chi connectivity index (χ3v) is 14.1. The highest BCUT2D eigenvalue weighted by atomic mass is 35.6. The number of unbranched alkanes of at least 4 members (excludes halogenated alkanes) is 14. The molecule has 13 nitrogen and oxygen atoms in total. The number of carboxylic acid groups (broad SMARTS) is 1. The van der Waals surface area contributed by atoms with Gasteiger partial charge in [-0.25, -0.2) is 4.31 Å². The molecule has 7 rings (SSSR count). The summed E-state index contributed by atoms with van der Waals surface area (Å²) >= 11 is 56.7. The molecule has 0 radical (unpaired) electrons. The highest BCUT2D eigenvalue weighted by Gasteiger charge is 2.49. The molecule has 73 heavy (non-hydrogen) atoms. The van der Waals surface area contributed by atoms with Crippen LogP contribution in [-0.2, 0) is 14.4 Å². The van der Waals surface area contributed by atoms with Crippen LogP contribution in [0, 0.1) is 11.8 Å². The van der Waals surface area contributed by atoms with Crippen molar-refractivity contribution in [3.63, 3.8) is 0 Å². The van der Waals surface area contributed by atoms with Gasteiger partial charge in [-0.2, -0.15) is 15.0 Å². The molecule has 4 aliphatic rings. The van der Waals surface area contributed by atoms with Crippen molar-refractivity contribution in [3.05, 3.63) is 87.4 Å². The van der Waals surface area contributed by atoms with E-state index in [0.29, 0.717) is 40.2 Å². The smallest absolute Gasteiger partial charge is 0.300 e. The third-order valence-electron chi connectivity index (χ3n) is 11.1. The van der Waals surface area contributed by atoms with Crippen molar-refractivity contribution < 1.29 is 24.3 Å². The Morgan fingerprint density at radius 3 is 1.78 bits per heavy atom. The number of aliphatic imine (C=N–C) groups is 1. The summed E-state index contributed by atoms with van der Waals surface area (Å²) in [5, 5.41) is 14.3. The molecule has 1 saturated heterocycles. The Morgan fingerprint density at radius 2 is 1.30 bits per heavy atom. The number of fused-ring (bicyclic) bond motifs is 2. The second kappa shape index (κ2) is 34.4. The number of rotatable bonds is 19. The van der Waals surface area contributed by atoms with Gasteiger partial charge in [0.05, 0.1) is 40.5 Å². The van der Waals surface area contributed by atoms with Crippen LogP contribution in [0.4, 0.5) is 11.6 Å². The van der Waals surface area contributed by atoms with Crippen LogP contribution < -0.4 is 10.6 Å². The number of anilines is 2. The molecule has 3 amide bonds. The second-order valence-corrected chi connectivity index (χ2v) is 24.7. The number of carboxylic acids is 1. The zero-order valence-corrected chi connectivity index (χ0v) is 49.0. The number of aliphatic carboxylic acids is 1. The highest BCUT2D eigenvalue weighted by Crippen LogP contribution is 2.46. The van der Waals surface area contributed by atoms with E-state index in [1.165, 1.54) is 109 Å². The monoisotopic (exact) mass is 1220 g/mol. The van der Waals surface area contributed by atoms with Gasteiger partial charge in [-0.15, -0.1) is 0 Å². The zero-order valence-electron chi connectivity index (χ0n) is 40.6. The van der Waals surface area contributed by atoms with Gasteiger partial charge in [-0.1, -0.05) is 233 Å². The van der Waals surface area contributed by atoms with Gasteiger partial charge in [0, 0.05) is 37.4 Å². The topological polar surface area (TPSA) is 170 Å². The predicted octanol–water partition coefficient (Wildman–Crippen LogP) is 16.0. The zero-order chi connectivity index (χ0) is 54.0. The molecule has 0 bridgehead atoms. The normalized spacial score (nSPS) is 16.6. The number of nitrogens with one attached hydrogen (secondary N) is 2. The SMILES string of the molecule is CC(=O)O.CCCCCCCCCCCCCCCCCC1=NCCN1.Clc1nc(Cl)nc(Nc2ccccc2Cl)n1.O=C1C2C=CCCC2C(=O)N1SC(Cl)(Cl)Cl.O=C1c2ccccc2C(=S)N1C(Cl)(Cl)Cl. The van der Waals surface area contributed by atoms with E-state index < -0.39 is 13.0 Å². The molecule has 24 heteroatoms. The van der Waals surface area contributed by atoms with E-state index in [9.17, 15) is 14.4 Å². The first-order chi connectivity index (χ1) is 34.6. The number of alkyl halides is 6. The number of benzene rings is 2. The average molecular weight is 1230 g/mol. The number of hydrogen-bond donors (Lipinski definition) is 3. The molecule has 0 spiro atoms. The van der Waals surface area contributed by atoms with Crippen LogP contribution in [-0.4, -0.2) is 83.9 Å². The van der Waals surface area contributed by atoms with Gasteiger partial charge < -0.3 is 15.7 Å². The van der Waals surface area contributed by atoms with Gasteiger partial charge in [0.2, 0.25) is 28.3 Å². The van der Waals surface area contributed by atoms with Crippen LogP contribution >= 0.6 is 129 Å². The minimum Gasteiger partial charge on any atom is -0.481 e. The van der Waals surface area contributed by atoms with Crippen LogP contribution in [0.5, 0.6) is 0 Å². The van der Waals surface area contributed by atoms with E-state index in [0.717, 1.165) is 35.6 Å². The average Bonchev–Trinajstić information content (AvgIpc) is 4.00. The van der Waals surface area contributed by atoms with Crippen molar-refractivity contribution in [3.8, 4) is 0 Å². The number of thiocarbonyl (C=S) groups is 1. The molecule has 3 aromatic rings. The fourth-order valence-electron chi connectivity index (χ4n) is 7.71. The Labute approximate surface area is 483 Å². The standard InChI is InChI=1S/C20H40N2.C9H5Cl3N4.C9H8Cl3NO2S.C9H4Cl3NOS.C2H4O2/c1-2-3-4-5-6-7-8-9-10-11-12-13-14-15-16-17-20-21-18-19-22-20;10-5-3-1-2-4-6(5)13-9-15-7(11)14-8(12)16-9;10-9(11,12)16-13-7(14)5-3-1-2-4-6(5)8(13)15;10-9(11,12)13-7(14)5-3-1-2-4-6(5)8(13)15;1-2(3)4/h2-19H2,1H3,(H,21,22);1-4H,(H,13,14,15,16);1,3,5-6H,2,4H2;1-4H;1H3,(H,3,4). The number of hydrogen-bond acceptors (Lipinski definition) is 12. The van der Waals surface area contributed by atoms with Crippen molar-refractivity contribution in [2.24, 2.45) is 16.8 Å². The molecule has 2 aromatic carbocycles. The van der Waals surface area contributed by atoms with Crippen molar-refractivity contribution >= 4 is 175 Å². The summed E-state index contributed by atoms with van der Waals surface area (Å²) < 4.78 is -2.55. The molecule has 402 valence electrons. The van der Waals surface area contributed by atoms with E-state index in [4.69, 9.17) is 127 Å². The lowest BCUT2D eigenvalue weighted by Gasteiger charge is -2.23. The van der Waals surface area contributed by atoms with Gasteiger partial charge in [0.15, 0.2) is 0 Å². The minimum absolute atomic E-state index is 0.0227. The van der Waals surface area contributed by atoms with Crippen LogP contribution in [0.2, 0.25) is 15.6 Å². The Kier molecular flexibility index (Phi) is 30.6. The molecule has 3 aliphatic heterocycles. The van der Waals surface area contributed by atoms with Gasteiger partial charge >= 0.3 is 0 Å². The summed E-state index contributed by atoms with van der Waals surface area (Å²) in [4.78, 5) is 61.7. The van der Waals surface area contributed by atoms with Crippen LogP contribution in [0.1, 0.15) is 145 Å². The number of carbonyl (C=O) groups excluding carboxylic acids is 3. The number of para-hydroxylation sites is 1. The van der Waals surface area contributed by atoms with Crippen molar-refractivity contribution in [1.29, 1.82) is 0 Å². The maximum atomic E-state index is 11.9. The number of halogens is 9. The summed E-state index contributed by atoms with van der Waals surface area (Å²) in [6, 6.07) is 14.1. The van der Waals surface area contributed by atoms with E-state index in [2.05, 4.69) is 37.5 Å². The fourth-order valence-corrected chi connectivity index (χ4v) is 10.6. The fraction of sp³-hybridized carbons (Fsp3) is 0.531. The van der Waals surface area contributed by atoms with Crippen molar-refractivity contribution in [1.82, 2.24) is 29.5 Å². The molecule has 3 N–H and O–H groups in total. The van der Waals surface area contributed by atoms with Gasteiger partial charge in [0.1, 0.15) is 4.99 Å². The molecule has 0 saturated carbocycles. The molecule has 1 aliphatic carbocycles. The first-order valence-electron chi connectivity index (χ1n) is 24.0. The van der Waals surface area contributed by atoms with Gasteiger partial charge in [0.25, 0.3) is 18.9 Å². The van der Waals surface area contributed by atoms with Crippen LogP contribution in [0.3, 0.4) is 0 Å². The Morgan fingerprint density at radius 1 is 0.781 bits per heavy atom. The maximum absolute atomic E-state index is 11.9. The first-order valence-corrected chi connectivity index (χ1v) is 28.6. The molecule has 2 unspecified atom stereocenters. The second-order valence-electron chi connectivity index (χ2n) is 16.9. The Balaban J connectivity index is 0.000000253. The lowest BCUT2D eigenvalue weighted by atomic mass is 9.86. The van der Waals surface area contributed by atoms with Crippen molar-refractivity contribution in [2.45, 2.75) is 136 Å². The molecular formula is C49H61Cl9N8O5S2. The van der Waals surface area contributed by atoms with E-state index in [1.54, 1.807) is 42.5 Å². The van der Waals surface area contributed by atoms with E-state index in [-0.39, 0.29) is 51.1 Å². The summed E-state index contributed by atoms with van der Waals surface area (Å²) in [7, 11) is 0. The number of nitrogens with zero attached hydrogens (tertiary/aromatic N) is 6. The number of carbonyl (C=O) groups is 4. The lowest BCUT2D eigenvalue weighted by Crippen LogP contribution is -2.39. The summed E-state index contributed by atoms with van der Waals surface area (Å²) in [5.74, 6) is -0.903. The Bertz CT molecular complexity index is 2260. The molecule has 4 heterocycles. The number of aromatic nitrogens is 3. The molecular weight excluding hydrogens is 1160 g/mol. The summed E-state index contributed by atoms with van der Waals surface area (Å²) in [6.07, 6.45) is 27.9. The third kappa shape index (κ3) is 24.6. The van der Waals surface area contributed by atoms with Crippen LogP contribution in [0.15, 0.2) is 65.7 Å². The Hall–Kier alpha value is -2.41. The quantitative estimate of drug-likeness (QED) is 0.0198. The minimum atomic E-state index is -1.84. The molecule has 2 atom stereocenters. The van der Waals surface area contributed by atoms with Crippen molar-refractivity contribution in [2.75, 3.05) is 18.4 Å². The largest absolute Gasteiger partial charge is 0.481 e. The van der Waals surface area contributed by atoms with E-state index >= 15 is 0 Å². The number of amidine groups is 1. The predicted molar refractivity (Wildman–Crippen MR) is 307 cm³/mol. The van der Waals surface area contributed by atoms with Gasteiger partial charge in [-0.3, -0.25) is 29.1 Å². The maximum Gasteiger partial charge on any atom is 0.300 e. The number of amides is 3. The molecule has 1 aromatic heterocycles. The highest BCUT2D eigenvalue weighted by molar-refractivity contribution is 8.03.